The van der Waals surface area contributed by atoms with Crippen LogP contribution in [0.15, 0.2) is 104 Å². The molecule has 2 aromatic heterocycles. The number of hydrogen-bond acceptors (Lipinski definition) is 8. The molecule has 10 nitrogen and oxygen atoms in total. The molecule has 5 rings (SSSR count). The third-order valence-electron chi connectivity index (χ3n) is 6.11. The van der Waals surface area contributed by atoms with E-state index in [0.29, 0.717) is 35.0 Å². The zero-order valence-corrected chi connectivity index (χ0v) is 21.5. The van der Waals surface area contributed by atoms with Crippen molar-refractivity contribution < 1.29 is 9.72 Å². The third kappa shape index (κ3) is 6.43. The second kappa shape index (κ2) is 11.8. The lowest BCUT2D eigenvalue weighted by molar-refractivity contribution is -0.385. The summed E-state index contributed by atoms with van der Waals surface area (Å²) in [6.45, 7) is 2.16. The van der Waals surface area contributed by atoms with Gasteiger partial charge in [-0.05, 0) is 67.1 Å². The number of carbonyl (C=O) groups is 1. The number of rotatable bonds is 9. The maximum Gasteiger partial charge on any atom is 0.274 e. The van der Waals surface area contributed by atoms with Crippen molar-refractivity contribution in [3.8, 4) is 11.3 Å². The zero-order valence-electron chi connectivity index (χ0n) is 21.5. The number of benzene rings is 3. The van der Waals surface area contributed by atoms with Crippen LogP contribution in [0.2, 0.25) is 0 Å². The summed E-state index contributed by atoms with van der Waals surface area (Å²) < 4.78 is 0. The predicted molar refractivity (Wildman–Crippen MR) is 155 cm³/mol. The van der Waals surface area contributed by atoms with Gasteiger partial charge in [0.1, 0.15) is 0 Å². The molecule has 0 aliphatic heterocycles. The first-order valence-electron chi connectivity index (χ1n) is 12.4. The van der Waals surface area contributed by atoms with Crippen LogP contribution >= 0.6 is 0 Å². The Morgan fingerprint density at radius 1 is 0.900 bits per heavy atom. The van der Waals surface area contributed by atoms with Gasteiger partial charge >= 0.3 is 0 Å². The van der Waals surface area contributed by atoms with Crippen LogP contribution in [0.4, 0.5) is 28.7 Å². The number of hydrogen-bond donors (Lipinski definition) is 3. The van der Waals surface area contributed by atoms with Gasteiger partial charge in [-0.2, -0.15) is 0 Å². The maximum absolute atomic E-state index is 12.9. The van der Waals surface area contributed by atoms with E-state index in [1.807, 2.05) is 42.5 Å². The Hall–Kier alpha value is -5.64. The van der Waals surface area contributed by atoms with Crippen LogP contribution in [0.5, 0.6) is 0 Å². The quantitative estimate of drug-likeness (QED) is 0.148. The van der Waals surface area contributed by atoms with E-state index in [9.17, 15) is 14.9 Å². The van der Waals surface area contributed by atoms with Gasteiger partial charge in [0.2, 0.25) is 5.95 Å². The van der Waals surface area contributed by atoms with Crippen molar-refractivity contribution in [1.29, 1.82) is 0 Å². The molecule has 0 bridgehead atoms. The summed E-state index contributed by atoms with van der Waals surface area (Å²) in [7, 11) is 0. The van der Waals surface area contributed by atoms with Crippen molar-refractivity contribution in [1.82, 2.24) is 15.0 Å². The molecule has 3 N–H and O–H groups in total. The van der Waals surface area contributed by atoms with E-state index < -0.39 is 4.92 Å². The molecule has 0 unspecified atom stereocenters. The number of amides is 1. The number of pyridine rings is 1. The number of anilines is 4. The third-order valence-corrected chi connectivity index (χ3v) is 6.11. The zero-order chi connectivity index (χ0) is 27.9. The molecule has 0 aliphatic rings. The average molecular weight is 532 g/mol. The minimum Gasteiger partial charge on any atom is -0.381 e. The molecular weight excluding hydrogens is 506 g/mol. The van der Waals surface area contributed by atoms with E-state index in [2.05, 4.69) is 30.9 Å². The van der Waals surface area contributed by atoms with Gasteiger partial charge in [0.15, 0.2) is 0 Å². The van der Waals surface area contributed by atoms with E-state index >= 15 is 0 Å². The van der Waals surface area contributed by atoms with E-state index in [-0.39, 0.29) is 11.6 Å². The van der Waals surface area contributed by atoms with Crippen LogP contribution in [0.25, 0.3) is 11.3 Å². The summed E-state index contributed by atoms with van der Waals surface area (Å²) in [5.41, 5.74) is 5.73. The Labute approximate surface area is 230 Å². The first-order valence-corrected chi connectivity index (χ1v) is 12.4. The lowest BCUT2D eigenvalue weighted by Gasteiger charge is -2.10. The van der Waals surface area contributed by atoms with Crippen LogP contribution < -0.4 is 16.0 Å². The lowest BCUT2D eigenvalue weighted by atomic mass is 10.1. The van der Waals surface area contributed by atoms with Gasteiger partial charge < -0.3 is 16.0 Å². The standard InChI is InChI=1S/C30H25N7O3/c1-20-7-12-24(17-28(20)37(39)40)33-18-21-8-10-22(11-9-21)29(38)34-25-5-2-6-26(16-25)35-30-32-15-13-27(36-30)23-4-3-14-31-19-23/h2-17,19,33H,18H2,1H3,(H,34,38)(H,32,35,36). The molecule has 2 heterocycles. The second-order valence-electron chi connectivity index (χ2n) is 8.98. The molecule has 10 heteroatoms. The van der Waals surface area contributed by atoms with Crippen LogP contribution in [-0.4, -0.2) is 25.8 Å². The molecule has 0 saturated heterocycles. The molecular formula is C30H25N7O3. The summed E-state index contributed by atoms with van der Waals surface area (Å²) in [6.07, 6.45) is 5.12. The van der Waals surface area contributed by atoms with Gasteiger partial charge in [-0.15, -0.1) is 0 Å². The fourth-order valence-corrected chi connectivity index (χ4v) is 4.00. The molecule has 1 amide bonds. The minimum atomic E-state index is -0.394. The van der Waals surface area contributed by atoms with E-state index in [1.54, 1.807) is 61.9 Å². The Morgan fingerprint density at radius 3 is 2.50 bits per heavy atom. The highest BCUT2D eigenvalue weighted by Gasteiger charge is 2.11. The van der Waals surface area contributed by atoms with Gasteiger partial charge in [0, 0.05) is 65.0 Å². The van der Waals surface area contributed by atoms with Crippen molar-refractivity contribution in [2.75, 3.05) is 16.0 Å². The Balaban J connectivity index is 1.20. The summed E-state index contributed by atoms with van der Waals surface area (Å²) in [4.78, 5) is 36.6. The minimum absolute atomic E-state index is 0.0714. The SMILES string of the molecule is Cc1ccc(NCc2ccc(C(=O)Nc3cccc(Nc4nccc(-c5cccnc5)n4)c3)cc2)cc1[N+](=O)[O-]. The molecule has 198 valence electrons. The summed E-state index contributed by atoms with van der Waals surface area (Å²) in [5.74, 6) is 0.176. The van der Waals surface area contributed by atoms with Crippen LogP contribution in [0.1, 0.15) is 21.5 Å². The number of carbonyl (C=O) groups excluding carboxylic acids is 1. The van der Waals surface area contributed by atoms with E-state index in [0.717, 1.165) is 22.5 Å². The van der Waals surface area contributed by atoms with Gasteiger partial charge in [0.05, 0.1) is 10.6 Å². The number of nitro benzene ring substituents is 1. The van der Waals surface area contributed by atoms with Crippen molar-refractivity contribution in [3.05, 3.63) is 130 Å². The highest BCUT2D eigenvalue weighted by atomic mass is 16.6. The van der Waals surface area contributed by atoms with Gasteiger partial charge in [-0.1, -0.05) is 24.3 Å². The van der Waals surface area contributed by atoms with Gasteiger partial charge in [-0.25, -0.2) is 9.97 Å². The van der Waals surface area contributed by atoms with Crippen molar-refractivity contribution in [3.63, 3.8) is 0 Å². The number of aryl methyl sites for hydroxylation is 1. The van der Waals surface area contributed by atoms with Gasteiger partial charge in [-0.3, -0.25) is 19.9 Å². The Morgan fingerprint density at radius 2 is 1.73 bits per heavy atom. The van der Waals surface area contributed by atoms with Crippen LogP contribution in [0, 0.1) is 17.0 Å². The molecule has 0 atom stereocenters. The molecule has 3 aromatic carbocycles. The topological polar surface area (TPSA) is 135 Å². The van der Waals surface area contributed by atoms with Crippen molar-refractivity contribution >= 4 is 34.6 Å². The van der Waals surface area contributed by atoms with Crippen LogP contribution in [0.3, 0.4) is 0 Å². The number of nitrogens with one attached hydrogen (secondary N) is 3. The first kappa shape index (κ1) is 26.0. The molecule has 0 radical (unpaired) electrons. The summed E-state index contributed by atoms with van der Waals surface area (Å²) >= 11 is 0. The van der Waals surface area contributed by atoms with Gasteiger partial charge in [0.25, 0.3) is 11.6 Å². The number of nitro groups is 1. The summed E-state index contributed by atoms with van der Waals surface area (Å²) in [5, 5.41) is 20.4. The second-order valence-corrected chi connectivity index (χ2v) is 8.98. The number of nitrogens with zero attached hydrogens (tertiary/aromatic N) is 4. The molecule has 0 fully saturated rings. The Kier molecular flexibility index (Phi) is 7.68. The Bertz CT molecular complexity index is 1660. The molecule has 0 saturated carbocycles. The normalized spacial score (nSPS) is 10.5. The number of aromatic nitrogens is 3. The highest BCUT2D eigenvalue weighted by Crippen LogP contribution is 2.24. The van der Waals surface area contributed by atoms with E-state index in [4.69, 9.17) is 0 Å². The van der Waals surface area contributed by atoms with E-state index in [1.165, 1.54) is 6.07 Å². The molecule has 5 aromatic rings. The van der Waals surface area contributed by atoms with Crippen molar-refractivity contribution in [2.45, 2.75) is 13.5 Å². The smallest absolute Gasteiger partial charge is 0.274 e. The fourth-order valence-electron chi connectivity index (χ4n) is 4.00. The molecule has 0 aliphatic carbocycles. The maximum atomic E-state index is 12.9. The summed E-state index contributed by atoms with van der Waals surface area (Å²) in [6, 6.07) is 25.1. The fraction of sp³-hybridized carbons (Fsp3) is 0.0667. The predicted octanol–water partition coefficient (Wildman–Crippen LogP) is 6.36. The van der Waals surface area contributed by atoms with Crippen molar-refractivity contribution in [2.24, 2.45) is 0 Å². The molecule has 0 spiro atoms. The average Bonchev–Trinajstić information content (AvgIpc) is 2.97. The highest BCUT2D eigenvalue weighted by molar-refractivity contribution is 6.04. The monoisotopic (exact) mass is 531 g/mol. The largest absolute Gasteiger partial charge is 0.381 e. The lowest BCUT2D eigenvalue weighted by Crippen LogP contribution is -2.12. The molecule has 40 heavy (non-hydrogen) atoms. The van der Waals surface area contributed by atoms with Crippen LogP contribution in [-0.2, 0) is 6.54 Å². The first-order chi connectivity index (χ1) is 19.4.